The van der Waals surface area contributed by atoms with Crippen LogP contribution in [0.4, 0.5) is 5.69 Å². The molecule has 100 valence electrons. The van der Waals surface area contributed by atoms with Crippen LogP contribution in [0.1, 0.15) is 35.8 Å². The molecule has 0 bridgehead atoms. The van der Waals surface area contributed by atoms with Crippen LogP contribution in [-0.4, -0.2) is 20.8 Å². The number of anilines is 1. The largest absolute Gasteiger partial charge is 0.399 e. The summed E-state index contributed by atoms with van der Waals surface area (Å²) in [6, 6.07) is 7.60. The van der Waals surface area contributed by atoms with E-state index >= 15 is 0 Å². The van der Waals surface area contributed by atoms with Crippen LogP contribution in [0.25, 0.3) is 0 Å². The van der Waals surface area contributed by atoms with Crippen LogP contribution in [0.15, 0.2) is 30.5 Å². The predicted octanol–water partition coefficient (Wildman–Crippen LogP) is 2.09. The molecule has 2 aromatic rings. The molecule has 1 heterocycles. The van der Waals surface area contributed by atoms with Crippen molar-refractivity contribution in [2.45, 2.75) is 32.7 Å². The van der Waals surface area contributed by atoms with Crippen molar-refractivity contribution in [1.29, 1.82) is 0 Å². The van der Waals surface area contributed by atoms with Gasteiger partial charge in [-0.3, -0.25) is 4.79 Å². The molecule has 1 aromatic carbocycles. The number of hydrogen-bond donors (Lipinski definition) is 1. The van der Waals surface area contributed by atoms with Crippen molar-refractivity contribution < 1.29 is 4.79 Å². The highest BCUT2D eigenvalue weighted by atomic mass is 16.1. The fourth-order valence-electron chi connectivity index (χ4n) is 1.92. The van der Waals surface area contributed by atoms with Gasteiger partial charge in [0.1, 0.15) is 5.69 Å². The molecule has 0 aliphatic heterocycles. The molecule has 0 unspecified atom stereocenters. The van der Waals surface area contributed by atoms with Gasteiger partial charge in [-0.2, -0.15) is 0 Å². The summed E-state index contributed by atoms with van der Waals surface area (Å²) in [6.45, 7) is 2.77. The van der Waals surface area contributed by atoms with Crippen LogP contribution in [0, 0.1) is 0 Å². The zero-order chi connectivity index (χ0) is 13.7. The van der Waals surface area contributed by atoms with Crippen molar-refractivity contribution in [3.8, 4) is 0 Å². The summed E-state index contributed by atoms with van der Waals surface area (Å²) in [7, 11) is 0. The first-order valence-corrected chi connectivity index (χ1v) is 6.47. The Bertz CT molecular complexity index is 545. The Hall–Kier alpha value is -2.17. The van der Waals surface area contributed by atoms with Gasteiger partial charge in [0, 0.05) is 18.7 Å². The molecule has 0 amide bonds. The molecule has 0 radical (unpaired) electrons. The number of ketones is 1. The number of nitrogens with zero attached hydrogens (tertiary/aromatic N) is 3. The third-order valence-corrected chi connectivity index (χ3v) is 2.96. The number of rotatable bonds is 6. The minimum Gasteiger partial charge on any atom is -0.399 e. The van der Waals surface area contributed by atoms with Gasteiger partial charge in [0.2, 0.25) is 0 Å². The van der Waals surface area contributed by atoms with E-state index in [0.717, 1.165) is 24.2 Å². The standard InChI is InChI=1S/C14H18N4O/c1-2-9-18-13(10-16-17-18)14(19)8-5-11-3-6-12(15)7-4-11/h3-4,6-7,10H,2,5,8-9,15H2,1H3. The average Bonchev–Trinajstić information content (AvgIpc) is 2.86. The molecular weight excluding hydrogens is 240 g/mol. The Morgan fingerprint density at radius 1 is 1.32 bits per heavy atom. The maximum Gasteiger partial charge on any atom is 0.182 e. The number of carbonyl (C=O) groups excluding carboxylic acids is 1. The Kier molecular flexibility index (Phi) is 4.28. The second-order valence-corrected chi connectivity index (χ2v) is 4.51. The molecule has 0 saturated heterocycles. The van der Waals surface area contributed by atoms with Crippen LogP contribution >= 0.6 is 0 Å². The van der Waals surface area contributed by atoms with Gasteiger partial charge >= 0.3 is 0 Å². The lowest BCUT2D eigenvalue weighted by Crippen LogP contribution is -2.11. The Morgan fingerprint density at radius 3 is 2.74 bits per heavy atom. The minimum absolute atomic E-state index is 0.0790. The first kappa shape index (κ1) is 13.3. The maximum atomic E-state index is 12.1. The van der Waals surface area contributed by atoms with Gasteiger partial charge in [-0.25, -0.2) is 4.68 Å². The van der Waals surface area contributed by atoms with Crippen molar-refractivity contribution >= 4 is 11.5 Å². The molecule has 0 aliphatic carbocycles. The quantitative estimate of drug-likeness (QED) is 0.636. The highest BCUT2D eigenvalue weighted by Gasteiger charge is 2.12. The van der Waals surface area contributed by atoms with Crippen molar-refractivity contribution in [2.24, 2.45) is 0 Å². The van der Waals surface area contributed by atoms with Crippen molar-refractivity contribution in [2.75, 3.05) is 5.73 Å². The molecule has 0 spiro atoms. The summed E-state index contributed by atoms with van der Waals surface area (Å²) in [5, 5.41) is 7.73. The topological polar surface area (TPSA) is 73.8 Å². The van der Waals surface area contributed by atoms with E-state index in [1.54, 1.807) is 10.9 Å². The van der Waals surface area contributed by atoms with Crippen LogP contribution < -0.4 is 5.73 Å². The average molecular weight is 258 g/mol. The van der Waals surface area contributed by atoms with Crippen molar-refractivity contribution in [3.63, 3.8) is 0 Å². The Balaban J connectivity index is 1.97. The summed E-state index contributed by atoms with van der Waals surface area (Å²) in [6.07, 6.45) is 3.64. The fraction of sp³-hybridized carbons (Fsp3) is 0.357. The number of hydrogen-bond acceptors (Lipinski definition) is 4. The van der Waals surface area contributed by atoms with E-state index in [1.165, 1.54) is 0 Å². The normalized spacial score (nSPS) is 10.6. The third-order valence-electron chi connectivity index (χ3n) is 2.96. The van der Waals surface area contributed by atoms with Gasteiger partial charge in [-0.1, -0.05) is 24.3 Å². The number of nitrogen functional groups attached to an aromatic ring is 1. The maximum absolute atomic E-state index is 12.1. The predicted molar refractivity (Wildman–Crippen MR) is 73.8 cm³/mol. The lowest BCUT2D eigenvalue weighted by molar-refractivity contribution is 0.0972. The number of benzene rings is 1. The van der Waals surface area contributed by atoms with E-state index < -0.39 is 0 Å². The molecule has 0 fully saturated rings. The van der Waals surface area contributed by atoms with E-state index in [2.05, 4.69) is 10.3 Å². The number of aryl methyl sites for hydroxylation is 2. The van der Waals surface area contributed by atoms with Crippen LogP contribution in [-0.2, 0) is 13.0 Å². The zero-order valence-corrected chi connectivity index (χ0v) is 11.0. The summed E-state index contributed by atoms with van der Waals surface area (Å²) >= 11 is 0. The van der Waals surface area contributed by atoms with Crippen LogP contribution in [0.2, 0.25) is 0 Å². The number of Topliss-reactive ketones (excluding diaryl/α,β-unsaturated/α-hetero) is 1. The molecule has 2 rings (SSSR count). The van der Waals surface area contributed by atoms with E-state index in [0.29, 0.717) is 18.5 Å². The first-order chi connectivity index (χ1) is 9.20. The van der Waals surface area contributed by atoms with E-state index in [1.807, 2.05) is 31.2 Å². The van der Waals surface area contributed by atoms with Gasteiger partial charge in [-0.05, 0) is 30.5 Å². The Morgan fingerprint density at radius 2 is 2.05 bits per heavy atom. The van der Waals surface area contributed by atoms with Crippen molar-refractivity contribution in [1.82, 2.24) is 15.0 Å². The molecule has 2 N–H and O–H groups in total. The molecule has 0 saturated carbocycles. The van der Waals surface area contributed by atoms with E-state index in [-0.39, 0.29) is 5.78 Å². The van der Waals surface area contributed by atoms with Crippen LogP contribution in [0.5, 0.6) is 0 Å². The molecule has 5 heteroatoms. The molecular formula is C14H18N4O. The second-order valence-electron chi connectivity index (χ2n) is 4.51. The molecule has 19 heavy (non-hydrogen) atoms. The number of aromatic nitrogens is 3. The lowest BCUT2D eigenvalue weighted by atomic mass is 10.1. The summed E-state index contributed by atoms with van der Waals surface area (Å²) in [5.41, 5.74) is 8.07. The molecule has 1 aromatic heterocycles. The molecule has 0 aliphatic rings. The van der Waals surface area contributed by atoms with Crippen molar-refractivity contribution in [3.05, 3.63) is 41.7 Å². The number of carbonyl (C=O) groups is 1. The summed E-state index contributed by atoms with van der Waals surface area (Å²) < 4.78 is 1.67. The molecule has 0 atom stereocenters. The SMILES string of the molecule is CCCn1nncc1C(=O)CCc1ccc(N)cc1. The minimum atomic E-state index is 0.0790. The second kappa shape index (κ2) is 6.13. The summed E-state index contributed by atoms with van der Waals surface area (Å²) in [5.74, 6) is 0.0790. The highest BCUT2D eigenvalue weighted by Crippen LogP contribution is 2.10. The summed E-state index contributed by atoms with van der Waals surface area (Å²) in [4.78, 5) is 12.1. The smallest absolute Gasteiger partial charge is 0.182 e. The van der Waals surface area contributed by atoms with Gasteiger partial charge in [-0.15, -0.1) is 5.10 Å². The van der Waals surface area contributed by atoms with Gasteiger partial charge in [0.05, 0.1) is 6.20 Å². The Labute approximate surface area is 112 Å². The van der Waals surface area contributed by atoms with Gasteiger partial charge < -0.3 is 5.73 Å². The number of nitrogens with two attached hydrogens (primary N) is 1. The highest BCUT2D eigenvalue weighted by molar-refractivity contribution is 5.94. The zero-order valence-electron chi connectivity index (χ0n) is 11.0. The van der Waals surface area contributed by atoms with E-state index in [4.69, 9.17) is 5.73 Å². The van der Waals surface area contributed by atoms with E-state index in [9.17, 15) is 4.79 Å². The van der Waals surface area contributed by atoms with Gasteiger partial charge in [0.25, 0.3) is 0 Å². The van der Waals surface area contributed by atoms with Crippen LogP contribution in [0.3, 0.4) is 0 Å². The first-order valence-electron chi connectivity index (χ1n) is 6.47. The fourth-order valence-corrected chi connectivity index (χ4v) is 1.92. The third kappa shape index (κ3) is 3.40. The molecule has 5 nitrogen and oxygen atoms in total. The lowest BCUT2D eigenvalue weighted by Gasteiger charge is -2.04. The monoisotopic (exact) mass is 258 g/mol. The van der Waals surface area contributed by atoms with Gasteiger partial charge in [0.15, 0.2) is 5.78 Å².